The van der Waals surface area contributed by atoms with E-state index in [1.54, 1.807) is 24.3 Å². The molecule has 0 heterocycles. The van der Waals surface area contributed by atoms with Crippen molar-refractivity contribution in [1.29, 1.82) is 0 Å². The van der Waals surface area contributed by atoms with Crippen LogP contribution >= 0.6 is 0 Å². The Bertz CT molecular complexity index is 1150. The molecule has 7 heteroatoms. The molecule has 3 aromatic carbocycles. The zero-order chi connectivity index (χ0) is 25.8. The van der Waals surface area contributed by atoms with Gasteiger partial charge in [0.2, 0.25) is 0 Å². The molecule has 0 bridgehead atoms. The van der Waals surface area contributed by atoms with Gasteiger partial charge in [-0.3, -0.25) is 0 Å². The fourth-order valence-electron chi connectivity index (χ4n) is 3.46. The topological polar surface area (TPSA) is 114 Å². The summed E-state index contributed by atoms with van der Waals surface area (Å²) in [5.74, 6) is 0.163. The van der Waals surface area contributed by atoms with Crippen molar-refractivity contribution in [2.75, 3.05) is 24.7 Å². The Balaban J connectivity index is 1.39. The summed E-state index contributed by atoms with van der Waals surface area (Å²) in [6.45, 7) is 2.44. The molecule has 0 unspecified atom stereocenters. The average Bonchev–Trinajstić information content (AvgIpc) is 2.86. The molecule has 36 heavy (non-hydrogen) atoms. The maximum Gasteiger partial charge on any atom is 0.338 e. The zero-order valence-electron chi connectivity index (χ0n) is 20.4. The maximum atomic E-state index is 12.1. The second kappa shape index (κ2) is 13.6. The number of unbranched alkanes of at least 4 members (excludes halogenated alkanes) is 2. The Morgan fingerprint density at radius 3 is 2.17 bits per heavy atom. The van der Waals surface area contributed by atoms with Gasteiger partial charge in [0.25, 0.3) is 0 Å². The zero-order valence-corrected chi connectivity index (χ0v) is 20.4. The highest BCUT2D eigenvalue weighted by Gasteiger charge is 2.09. The number of aryl methyl sites for hydroxylation is 1. The summed E-state index contributed by atoms with van der Waals surface area (Å²) in [7, 11) is 0. The first-order chi connectivity index (χ1) is 17.4. The van der Waals surface area contributed by atoms with E-state index in [0.29, 0.717) is 28.4 Å². The van der Waals surface area contributed by atoms with Crippen molar-refractivity contribution in [1.82, 2.24) is 0 Å². The Morgan fingerprint density at radius 1 is 0.833 bits per heavy atom. The number of nitrogens with two attached hydrogens (primary N) is 2. The summed E-state index contributed by atoms with van der Waals surface area (Å²) in [4.78, 5) is 24.2. The SMILES string of the molecule is CCCCCc1ccc(OC(=O)/C=C/c2ccc(OCCOC(=O)c3cc(N)cc(N)c3)cc2)cc1. The number of rotatable bonds is 12. The molecule has 0 aliphatic rings. The number of carbonyl (C=O) groups excluding carboxylic acids is 2. The number of esters is 2. The molecule has 0 aliphatic carbocycles. The third-order valence-corrected chi connectivity index (χ3v) is 5.30. The predicted octanol–water partition coefficient (Wildman–Crippen LogP) is 5.44. The van der Waals surface area contributed by atoms with E-state index in [-0.39, 0.29) is 13.2 Å². The molecular formula is C29H32N2O5. The first-order valence-electron chi connectivity index (χ1n) is 12.0. The lowest BCUT2D eigenvalue weighted by Crippen LogP contribution is -2.13. The summed E-state index contributed by atoms with van der Waals surface area (Å²) >= 11 is 0. The first-order valence-corrected chi connectivity index (χ1v) is 12.0. The highest BCUT2D eigenvalue weighted by atomic mass is 16.6. The number of carbonyl (C=O) groups is 2. The van der Waals surface area contributed by atoms with Gasteiger partial charge in [0.1, 0.15) is 24.7 Å². The monoisotopic (exact) mass is 488 g/mol. The molecule has 0 radical (unpaired) electrons. The van der Waals surface area contributed by atoms with Gasteiger partial charge in [-0.2, -0.15) is 0 Å². The molecule has 0 amide bonds. The number of anilines is 2. The molecule has 3 rings (SSSR count). The second-order valence-electron chi connectivity index (χ2n) is 8.30. The van der Waals surface area contributed by atoms with Gasteiger partial charge in [-0.1, -0.05) is 44.0 Å². The van der Waals surface area contributed by atoms with E-state index in [2.05, 4.69) is 6.92 Å². The molecule has 0 atom stereocenters. The van der Waals surface area contributed by atoms with E-state index in [4.69, 9.17) is 25.7 Å². The van der Waals surface area contributed by atoms with Crippen molar-refractivity contribution >= 4 is 29.4 Å². The fourth-order valence-corrected chi connectivity index (χ4v) is 3.46. The summed E-state index contributed by atoms with van der Waals surface area (Å²) in [6.07, 6.45) is 7.65. The van der Waals surface area contributed by atoms with Gasteiger partial charge in [0.05, 0.1) is 5.56 Å². The van der Waals surface area contributed by atoms with Crippen molar-refractivity contribution < 1.29 is 23.8 Å². The minimum absolute atomic E-state index is 0.0702. The highest BCUT2D eigenvalue weighted by molar-refractivity contribution is 5.91. The third kappa shape index (κ3) is 8.83. The van der Waals surface area contributed by atoms with Crippen molar-refractivity contribution in [3.63, 3.8) is 0 Å². The lowest BCUT2D eigenvalue weighted by atomic mass is 10.1. The van der Waals surface area contributed by atoms with Crippen molar-refractivity contribution in [3.8, 4) is 11.5 Å². The van der Waals surface area contributed by atoms with Crippen LogP contribution in [-0.2, 0) is 16.0 Å². The molecule has 188 valence electrons. The van der Waals surface area contributed by atoms with Gasteiger partial charge in [-0.05, 0) is 72.5 Å². The fraction of sp³-hybridized carbons (Fsp3) is 0.241. The largest absolute Gasteiger partial charge is 0.490 e. The molecular weight excluding hydrogens is 456 g/mol. The molecule has 0 spiro atoms. The number of hydrogen-bond donors (Lipinski definition) is 2. The molecule has 0 fully saturated rings. The Hall–Kier alpha value is -4.26. The van der Waals surface area contributed by atoms with Crippen LogP contribution in [0.4, 0.5) is 11.4 Å². The minimum Gasteiger partial charge on any atom is -0.490 e. The summed E-state index contributed by atoms with van der Waals surface area (Å²) < 4.78 is 16.1. The Kier molecular flexibility index (Phi) is 9.94. The van der Waals surface area contributed by atoms with Crippen LogP contribution in [0.5, 0.6) is 11.5 Å². The van der Waals surface area contributed by atoms with E-state index in [1.807, 2.05) is 36.4 Å². The smallest absolute Gasteiger partial charge is 0.338 e. The molecule has 0 saturated heterocycles. The van der Waals surface area contributed by atoms with Gasteiger partial charge in [-0.25, -0.2) is 9.59 Å². The lowest BCUT2D eigenvalue weighted by Gasteiger charge is -2.08. The number of nitrogen functional groups attached to an aromatic ring is 2. The molecule has 0 saturated carbocycles. The minimum atomic E-state index is -0.520. The lowest BCUT2D eigenvalue weighted by molar-refractivity contribution is -0.128. The number of hydrogen-bond acceptors (Lipinski definition) is 7. The van der Waals surface area contributed by atoms with Crippen LogP contribution < -0.4 is 20.9 Å². The predicted molar refractivity (Wildman–Crippen MR) is 142 cm³/mol. The van der Waals surface area contributed by atoms with Gasteiger partial charge >= 0.3 is 11.9 Å². The van der Waals surface area contributed by atoms with Crippen LogP contribution in [0.25, 0.3) is 6.08 Å². The standard InChI is InChI=1S/C29H32N2O5/c1-2-3-4-5-21-8-13-27(14-9-21)36-28(32)15-10-22-6-11-26(12-7-22)34-16-17-35-29(33)23-18-24(30)20-25(31)19-23/h6-15,18-20H,2-5,16-17,30-31H2,1H3/b15-10+. The highest BCUT2D eigenvalue weighted by Crippen LogP contribution is 2.17. The molecule has 4 N–H and O–H groups in total. The molecule has 3 aromatic rings. The molecule has 0 aromatic heterocycles. The molecule has 0 aliphatic heterocycles. The van der Waals surface area contributed by atoms with Crippen LogP contribution in [0.15, 0.2) is 72.8 Å². The van der Waals surface area contributed by atoms with Crippen LogP contribution in [0.3, 0.4) is 0 Å². The first kappa shape index (κ1) is 26.3. The van der Waals surface area contributed by atoms with Gasteiger partial charge in [0, 0.05) is 17.5 Å². The van der Waals surface area contributed by atoms with Crippen molar-refractivity contribution in [3.05, 3.63) is 89.5 Å². The average molecular weight is 489 g/mol. The Morgan fingerprint density at radius 2 is 1.50 bits per heavy atom. The summed E-state index contributed by atoms with van der Waals surface area (Å²) in [5.41, 5.74) is 14.5. The molecule has 7 nitrogen and oxygen atoms in total. The summed E-state index contributed by atoms with van der Waals surface area (Å²) in [6, 6.07) is 19.4. The normalized spacial score (nSPS) is 10.8. The summed E-state index contributed by atoms with van der Waals surface area (Å²) in [5, 5.41) is 0. The van der Waals surface area contributed by atoms with E-state index >= 15 is 0 Å². The Labute approximate surface area is 211 Å². The number of ether oxygens (including phenoxy) is 3. The van der Waals surface area contributed by atoms with E-state index < -0.39 is 11.9 Å². The van der Waals surface area contributed by atoms with Crippen LogP contribution in [0.1, 0.15) is 47.7 Å². The van der Waals surface area contributed by atoms with Gasteiger partial charge in [-0.15, -0.1) is 0 Å². The quantitative estimate of drug-likeness (QED) is 0.115. The van der Waals surface area contributed by atoms with Crippen molar-refractivity contribution in [2.45, 2.75) is 32.6 Å². The van der Waals surface area contributed by atoms with E-state index in [0.717, 1.165) is 18.4 Å². The van der Waals surface area contributed by atoms with E-state index in [9.17, 15) is 9.59 Å². The van der Waals surface area contributed by atoms with Crippen LogP contribution in [0, 0.1) is 0 Å². The third-order valence-electron chi connectivity index (χ3n) is 5.30. The van der Waals surface area contributed by atoms with Crippen molar-refractivity contribution in [2.24, 2.45) is 0 Å². The van der Waals surface area contributed by atoms with Gasteiger partial charge in [0.15, 0.2) is 0 Å². The van der Waals surface area contributed by atoms with Crippen LogP contribution in [0.2, 0.25) is 0 Å². The van der Waals surface area contributed by atoms with Crippen LogP contribution in [-0.4, -0.2) is 25.2 Å². The maximum absolute atomic E-state index is 12.1. The number of benzene rings is 3. The second-order valence-corrected chi connectivity index (χ2v) is 8.30. The van der Waals surface area contributed by atoms with Gasteiger partial charge < -0.3 is 25.7 Å². The van der Waals surface area contributed by atoms with E-state index in [1.165, 1.54) is 36.6 Å².